The summed E-state index contributed by atoms with van der Waals surface area (Å²) in [5.41, 5.74) is 0.655. The molecule has 1 aromatic heterocycles. The average Bonchev–Trinajstić information content (AvgIpc) is 3.21. The Bertz CT molecular complexity index is 1020. The van der Waals surface area contributed by atoms with Crippen LogP contribution in [-0.2, 0) is 0 Å². The number of benzene rings is 1. The Labute approximate surface area is 190 Å². The van der Waals surface area contributed by atoms with Crippen LogP contribution in [0.1, 0.15) is 61.2 Å². The van der Waals surface area contributed by atoms with Gasteiger partial charge in [-0.05, 0) is 43.4 Å². The summed E-state index contributed by atoms with van der Waals surface area (Å²) in [6.07, 6.45) is -3.05. The Morgan fingerprint density at radius 1 is 1.12 bits per heavy atom. The molecule has 2 aromatic rings. The molecule has 180 valence electrons. The number of fused-ring (bicyclic) bond motifs is 1. The molecule has 7 nitrogen and oxygen atoms in total. The van der Waals surface area contributed by atoms with Crippen molar-refractivity contribution in [3.63, 3.8) is 0 Å². The molecule has 2 aliphatic rings. The molecule has 3 heterocycles. The predicted octanol–water partition coefficient (Wildman–Crippen LogP) is 4.82. The Morgan fingerprint density at radius 2 is 1.85 bits per heavy atom. The maximum absolute atomic E-state index is 14.0. The summed E-state index contributed by atoms with van der Waals surface area (Å²) in [7, 11) is 2.97. The van der Waals surface area contributed by atoms with Crippen LogP contribution in [0, 0.1) is 5.92 Å². The first-order valence-corrected chi connectivity index (χ1v) is 11.1. The van der Waals surface area contributed by atoms with E-state index >= 15 is 0 Å². The second-order valence-electron chi connectivity index (χ2n) is 8.94. The van der Waals surface area contributed by atoms with E-state index in [0.717, 1.165) is 17.5 Å². The molecule has 0 bridgehead atoms. The number of ether oxygens (including phenoxy) is 2. The van der Waals surface area contributed by atoms with Crippen molar-refractivity contribution in [1.29, 1.82) is 0 Å². The molecule has 0 unspecified atom stereocenters. The summed E-state index contributed by atoms with van der Waals surface area (Å²) in [5.74, 6) is 1.28. The molecule has 4 atom stereocenters. The van der Waals surface area contributed by atoms with E-state index in [-0.39, 0.29) is 29.9 Å². The topological polar surface area (TPSA) is 68.6 Å². The van der Waals surface area contributed by atoms with Crippen molar-refractivity contribution in [2.45, 2.75) is 57.4 Å². The van der Waals surface area contributed by atoms with Crippen LogP contribution in [0.2, 0.25) is 0 Å². The summed E-state index contributed by atoms with van der Waals surface area (Å²) >= 11 is 0. The third kappa shape index (κ3) is 4.47. The fraction of sp³-hybridized carbons (Fsp3) is 0.565. The lowest BCUT2D eigenvalue weighted by Gasteiger charge is -2.36. The van der Waals surface area contributed by atoms with Gasteiger partial charge in [-0.1, -0.05) is 13.0 Å². The van der Waals surface area contributed by atoms with Crippen LogP contribution in [0.25, 0.3) is 0 Å². The number of nitrogens with one attached hydrogen (secondary N) is 1. The van der Waals surface area contributed by atoms with Crippen molar-refractivity contribution < 1.29 is 27.4 Å². The van der Waals surface area contributed by atoms with Gasteiger partial charge < -0.3 is 19.7 Å². The van der Waals surface area contributed by atoms with Crippen LogP contribution >= 0.6 is 0 Å². The van der Waals surface area contributed by atoms with Crippen molar-refractivity contribution in [3.05, 3.63) is 35.5 Å². The van der Waals surface area contributed by atoms with Gasteiger partial charge in [0.25, 0.3) is 5.91 Å². The van der Waals surface area contributed by atoms with Gasteiger partial charge >= 0.3 is 6.18 Å². The smallest absolute Gasteiger partial charge is 0.410 e. The largest absolute Gasteiger partial charge is 0.493 e. The molecule has 0 radical (unpaired) electrons. The molecule has 1 aromatic carbocycles. The minimum atomic E-state index is -4.52. The maximum atomic E-state index is 14.0. The summed E-state index contributed by atoms with van der Waals surface area (Å²) in [6.45, 7) is 4.68. The lowest BCUT2D eigenvalue weighted by molar-refractivity contribution is -0.173. The number of piperidine rings is 1. The summed E-state index contributed by atoms with van der Waals surface area (Å²) < 4.78 is 53.5. The summed E-state index contributed by atoms with van der Waals surface area (Å²) in [5, 5.41) is 7.25. The molecule has 4 rings (SSSR count). The van der Waals surface area contributed by atoms with Gasteiger partial charge in [0.05, 0.1) is 20.3 Å². The first-order valence-electron chi connectivity index (χ1n) is 11.1. The molecule has 1 N–H and O–H groups in total. The van der Waals surface area contributed by atoms with Crippen molar-refractivity contribution in [1.82, 2.24) is 14.7 Å². The van der Waals surface area contributed by atoms with Gasteiger partial charge in [-0.3, -0.25) is 4.79 Å². The number of rotatable bonds is 4. The second-order valence-corrected chi connectivity index (χ2v) is 8.94. The Kier molecular flexibility index (Phi) is 6.20. The molecular formula is C23H29F3N4O3. The highest BCUT2D eigenvalue weighted by molar-refractivity contribution is 5.93. The molecule has 0 saturated carbocycles. The zero-order valence-corrected chi connectivity index (χ0v) is 19.1. The number of carbonyl (C=O) groups is 1. The number of methoxy groups -OCH3 is 2. The van der Waals surface area contributed by atoms with E-state index in [1.807, 2.05) is 6.92 Å². The van der Waals surface area contributed by atoms with E-state index in [0.29, 0.717) is 29.5 Å². The molecule has 1 saturated heterocycles. The van der Waals surface area contributed by atoms with Crippen LogP contribution in [0.5, 0.6) is 11.5 Å². The zero-order chi connectivity index (χ0) is 23.9. The van der Waals surface area contributed by atoms with Crippen LogP contribution in [0.4, 0.5) is 19.0 Å². The van der Waals surface area contributed by atoms with Crippen LogP contribution in [0.15, 0.2) is 24.3 Å². The van der Waals surface area contributed by atoms with E-state index < -0.39 is 18.3 Å². The first kappa shape index (κ1) is 23.3. The number of hydrogen-bond acceptors (Lipinski definition) is 5. The van der Waals surface area contributed by atoms with Gasteiger partial charge in [-0.15, -0.1) is 0 Å². The summed E-state index contributed by atoms with van der Waals surface area (Å²) in [6, 6.07) is 3.99. The van der Waals surface area contributed by atoms with Crippen LogP contribution in [-0.4, -0.2) is 53.6 Å². The fourth-order valence-corrected chi connectivity index (χ4v) is 4.82. The third-order valence-electron chi connectivity index (χ3n) is 6.62. The standard InChI is InChI=1S/C23H29F3N4O3/c1-13-7-8-29(14(2)9-13)22(31)17-12-21-27-16(11-20(23(24,25)26)30(21)28-17)15-5-6-18(32-3)19(10-15)33-4/h5-6,10,12-14,16,20,27H,7-9,11H2,1-4H3/t13-,14-,16+,20-/m0/s1. The molecule has 1 amide bonds. The lowest BCUT2D eigenvalue weighted by Crippen LogP contribution is -2.44. The minimum absolute atomic E-state index is 0.0193. The van der Waals surface area contributed by atoms with E-state index in [1.54, 1.807) is 23.1 Å². The molecule has 0 spiro atoms. The molecular weight excluding hydrogens is 437 g/mol. The quantitative estimate of drug-likeness (QED) is 0.700. The van der Waals surface area contributed by atoms with E-state index in [4.69, 9.17) is 9.47 Å². The highest BCUT2D eigenvalue weighted by atomic mass is 19.4. The highest BCUT2D eigenvalue weighted by Crippen LogP contribution is 2.44. The average molecular weight is 467 g/mol. The lowest BCUT2D eigenvalue weighted by atomic mass is 9.93. The van der Waals surface area contributed by atoms with E-state index in [9.17, 15) is 18.0 Å². The highest BCUT2D eigenvalue weighted by Gasteiger charge is 2.47. The van der Waals surface area contributed by atoms with Gasteiger partial charge in [0.2, 0.25) is 0 Å². The van der Waals surface area contributed by atoms with Crippen molar-refractivity contribution in [2.24, 2.45) is 5.92 Å². The van der Waals surface area contributed by atoms with Gasteiger partial charge in [0, 0.05) is 25.1 Å². The zero-order valence-electron chi connectivity index (χ0n) is 19.1. The van der Waals surface area contributed by atoms with E-state index in [1.165, 1.54) is 20.3 Å². The maximum Gasteiger partial charge on any atom is 0.410 e. The predicted molar refractivity (Wildman–Crippen MR) is 117 cm³/mol. The number of amides is 1. The Balaban J connectivity index is 1.66. The normalized spacial score (nSPS) is 25.2. The third-order valence-corrected chi connectivity index (χ3v) is 6.62. The SMILES string of the molecule is COc1ccc([C@H]2C[C@@H](C(F)(F)F)n3nc(C(=O)N4CC[C@H](C)C[C@@H]4C)cc3N2)cc1OC. The molecule has 10 heteroatoms. The van der Waals surface area contributed by atoms with Crippen LogP contribution < -0.4 is 14.8 Å². The Hall–Kier alpha value is -2.91. The number of likely N-dealkylation sites (tertiary alicyclic amines) is 1. The first-order chi connectivity index (χ1) is 15.6. The number of carbonyl (C=O) groups excluding carboxylic acids is 1. The Morgan fingerprint density at radius 3 is 2.48 bits per heavy atom. The number of alkyl halides is 3. The van der Waals surface area contributed by atoms with Gasteiger partial charge in [0.1, 0.15) is 5.82 Å². The van der Waals surface area contributed by atoms with E-state index in [2.05, 4.69) is 17.3 Å². The second kappa shape index (κ2) is 8.79. The van der Waals surface area contributed by atoms with Gasteiger partial charge in [0.15, 0.2) is 23.2 Å². The van der Waals surface area contributed by atoms with Gasteiger partial charge in [-0.25, -0.2) is 4.68 Å². The minimum Gasteiger partial charge on any atom is -0.493 e. The van der Waals surface area contributed by atoms with Crippen molar-refractivity contribution >= 4 is 11.7 Å². The molecule has 33 heavy (non-hydrogen) atoms. The van der Waals surface area contributed by atoms with Crippen LogP contribution in [0.3, 0.4) is 0 Å². The molecule has 0 aliphatic carbocycles. The van der Waals surface area contributed by atoms with Crippen molar-refractivity contribution in [2.75, 3.05) is 26.1 Å². The summed E-state index contributed by atoms with van der Waals surface area (Å²) in [4.78, 5) is 14.8. The number of nitrogens with zero attached hydrogens (tertiary/aromatic N) is 3. The fourth-order valence-electron chi connectivity index (χ4n) is 4.82. The number of aromatic nitrogens is 2. The monoisotopic (exact) mass is 466 g/mol. The van der Waals surface area contributed by atoms with Gasteiger partial charge in [-0.2, -0.15) is 18.3 Å². The molecule has 2 aliphatic heterocycles. The number of hydrogen-bond donors (Lipinski definition) is 1. The number of halogens is 3. The van der Waals surface area contributed by atoms with Crippen molar-refractivity contribution in [3.8, 4) is 11.5 Å². The number of anilines is 1. The molecule has 1 fully saturated rings.